The molecular weight excluding hydrogens is 291 g/mol. The van der Waals surface area contributed by atoms with E-state index in [-0.39, 0.29) is 10.5 Å². The number of nitrogens with one attached hydrogen (secondary N) is 1. The number of anilines is 1. The highest BCUT2D eigenvalue weighted by Crippen LogP contribution is 2.17. The van der Waals surface area contributed by atoms with Crippen LogP contribution in [0.1, 0.15) is 11.1 Å². The molecule has 0 aliphatic carbocycles. The number of hydrogen-bond acceptors (Lipinski definition) is 4. The molecule has 0 aliphatic rings. The van der Waals surface area contributed by atoms with Crippen LogP contribution in [0.15, 0.2) is 47.4 Å². The Morgan fingerprint density at radius 1 is 1.19 bits per heavy atom. The number of sulfone groups is 1. The van der Waals surface area contributed by atoms with E-state index in [2.05, 4.69) is 5.32 Å². The summed E-state index contributed by atoms with van der Waals surface area (Å²) in [6.45, 7) is 0.354. The first-order valence-electron chi connectivity index (χ1n) is 6.12. The molecule has 0 unspecified atom stereocenters. The minimum absolute atomic E-state index is 0.246. The van der Waals surface area contributed by atoms with E-state index >= 15 is 0 Å². The van der Waals surface area contributed by atoms with Crippen LogP contribution >= 0.6 is 0 Å². The summed E-state index contributed by atoms with van der Waals surface area (Å²) in [5, 5.41) is 11.6. The summed E-state index contributed by atoms with van der Waals surface area (Å²) in [6.07, 6.45) is 1.15. The van der Waals surface area contributed by atoms with Crippen molar-refractivity contribution in [3.8, 4) is 6.07 Å². The SMILES string of the molecule is CS(=O)(=O)c1ccc(CNc2ccc(C#N)cc2F)cc1. The smallest absolute Gasteiger partial charge is 0.175 e. The summed E-state index contributed by atoms with van der Waals surface area (Å²) in [5.74, 6) is -0.498. The number of rotatable bonds is 4. The van der Waals surface area contributed by atoms with Crippen molar-refractivity contribution in [2.45, 2.75) is 11.4 Å². The topological polar surface area (TPSA) is 70.0 Å². The first-order chi connectivity index (χ1) is 9.90. The fourth-order valence-corrected chi connectivity index (χ4v) is 2.41. The van der Waals surface area contributed by atoms with Gasteiger partial charge in [-0.05, 0) is 35.9 Å². The number of benzene rings is 2. The molecular formula is C15H13FN2O2S. The summed E-state index contributed by atoms with van der Waals surface area (Å²) in [5.41, 5.74) is 1.38. The standard InChI is InChI=1S/C15H13FN2O2S/c1-21(19,20)13-5-2-11(3-6-13)10-18-15-7-4-12(9-17)8-14(15)16/h2-8,18H,10H2,1H3. The molecule has 0 heterocycles. The van der Waals surface area contributed by atoms with Crippen molar-refractivity contribution >= 4 is 15.5 Å². The number of nitriles is 1. The number of halogens is 1. The van der Waals surface area contributed by atoms with Crippen molar-refractivity contribution in [1.82, 2.24) is 0 Å². The third-order valence-electron chi connectivity index (χ3n) is 2.93. The highest BCUT2D eigenvalue weighted by atomic mass is 32.2. The van der Waals surface area contributed by atoms with Crippen molar-refractivity contribution in [3.63, 3.8) is 0 Å². The van der Waals surface area contributed by atoms with E-state index in [4.69, 9.17) is 5.26 Å². The van der Waals surface area contributed by atoms with Crippen LogP contribution in [0.25, 0.3) is 0 Å². The molecule has 0 fully saturated rings. The monoisotopic (exact) mass is 304 g/mol. The Hall–Kier alpha value is -2.39. The van der Waals surface area contributed by atoms with E-state index < -0.39 is 15.7 Å². The van der Waals surface area contributed by atoms with Gasteiger partial charge in [0.15, 0.2) is 9.84 Å². The van der Waals surface area contributed by atoms with Crippen LogP contribution in [0, 0.1) is 17.1 Å². The molecule has 0 atom stereocenters. The van der Waals surface area contributed by atoms with Gasteiger partial charge in [-0.3, -0.25) is 0 Å². The largest absolute Gasteiger partial charge is 0.379 e. The molecule has 108 valence electrons. The Labute approximate surface area is 122 Å². The van der Waals surface area contributed by atoms with Crippen LogP contribution in [-0.4, -0.2) is 14.7 Å². The van der Waals surface area contributed by atoms with Crippen LogP contribution in [0.2, 0.25) is 0 Å². The van der Waals surface area contributed by atoms with Crippen molar-refractivity contribution in [3.05, 3.63) is 59.4 Å². The van der Waals surface area contributed by atoms with Gasteiger partial charge in [0.2, 0.25) is 0 Å². The number of nitrogens with zero attached hydrogens (tertiary/aromatic N) is 1. The predicted octanol–water partition coefficient (Wildman–Crippen LogP) is 2.71. The number of hydrogen-bond donors (Lipinski definition) is 1. The average Bonchev–Trinajstić information content (AvgIpc) is 2.45. The van der Waals surface area contributed by atoms with E-state index in [1.165, 1.54) is 24.3 Å². The first kappa shape index (κ1) is 15.0. The first-order valence-corrected chi connectivity index (χ1v) is 8.02. The minimum Gasteiger partial charge on any atom is -0.379 e. The van der Waals surface area contributed by atoms with Gasteiger partial charge in [-0.2, -0.15) is 5.26 Å². The van der Waals surface area contributed by atoms with Gasteiger partial charge < -0.3 is 5.32 Å². The van der Waals surface area contributed by atoms with Crippen molar-refractivity contribution < 1.29 is 12.8 Å². The molecule has 0 radical (unpaired) electrons. The third-order valence-corrected chi connectivity index (χ3v) is 4.06. The Balaban J connectivity index is 2.09. The van der Waals surface area contributed by atoms with Crippen LogP contribution in [0.5, 0.6) is 0 Å². The maximum absolute atomic E-state index is 13.7. The van der Waals surface area contributed by atoms with Gasteiger partial charge in [0.25, 0.3) is 0 Å². The summed E-state index contributed by atoms with van der Waals surface area (Å²) < 4.78 is 36.3. The third kappa shape index (κ3) is 3.80. The maximum atomic E-state index is 13.7. The molecule has 2 aromatic rings. The summed E-state index contributed by atoms with van der Waals surface area (Å²) in [7, 11) is -3.21. The molecule has 0 saturated heterocycles. The lowest BCUT2D eigenvalue weighted by Gasteiger charge is -2.08. The van der Waals surface area contributed by atoms with E-state index in [1.807, 2.05) is 6.07 Å². The molecule has 2 aromatic carbocycles. The molecule has 1 N–H and O–H groups in total. The minimum atomic E-state index is -3.21. The van der Waals surface area contributed by atoms with Crippen molar-refractivity contribution in [2.75, 3.05) is 11.6 Å². The van der Waals surface area contributed by atoms with Gasteiger partial charge in [-0.1, -0.05) is 12.1 Å². The molecule has 0 saturated carbocycles. The van der Waals surface area contributed by atoms with Gasteiger partial charge in [-0.15, -0.1) is 0 Å². The highest BCUT2D eigenvalue weighted by Gasteiger charge is 2.07. The van der Waals surface area contributed by atoms with E-state index in [0.717, 1.165) is 17.9 Å². The Morgan fingerprint density at radius 2 is 1.86 bits per heavy atom. The van der Waals surface area contributed by atoms with Gasteiger partial charge in [-0.25, -0.2) is 12.8 Å². The Kier molecular flexibility index (Phi) is 4.24. The Morgan fingerprint density at radius 3 is 2.38 bits per heavy atom. The lowest BCUT2D eigenvalue weighted by atomic mass is 10.2. The molecule has 2 rings (SSSR count). The van der Waals surface area contributed by atoms with Crippen molar-refractivity contribution in [2.24, 2.45) is 0 Å². The zero-order valence-corrected chi connectivity index (χ0v) is 12.1. The fraction of sp³-hybridized carbons (Fsp3) is 0.133. The average molecular weight is 304 g/mol. The van der Waals surface area contributed by atoms with Crippen LogP contribution in [0.4, 0.5) is 10.1 Å². The van der Waals surface area contributed by atoms with Crippen LogP contribution in [-0.2, 0) is 16.4 Å². The van der Waals surface area contributed by atoms with Gasteiger partial charge in [0, 0.05) is 12.8 Å². The summed E-state index contributed by atoms with van der Waals surface area (Å²) in [4.78, 5) is 0.246. The Bertz CT molecular complexity index is 793. The van der Waals surface area contributed by atoms with Gasteiger partial charge in [0.05, 0.1) is 22.2 Å². The molecule has 21 heavy (non-hydrogen) atoms. The van der Waals surface area contributed by atoms with Crippen LogP contribution < -0.4 is 5.32 Å². The summed E-state index contributed by atoms with van der Waals surface area (Å²) in [6, 6.07) is 12.4. The molecule has 0 aliphatic heterocycles. The second-order valence-electron chi connectivity index (χ2n) is 4.58. The lowest BCUT2D eigenvalue weighted by molar-refractivity contribution is 0.602. The second-order valence-corrected chi connectivity index (χ2v) is 6.59. The maximum Gasteiger partial charge on any atom is 0.175 e. The van der Waals surface area contributed by atoms with Gasteiger partial charge >= 0.3 is 0 Å². The molecule has 0 aromatic heterocycles. The van der Waals surface area contributed by atoms with E-state index in [9.17, 15) is 12.8 Å². The fourth-order valence-electron chi connectivity index (χ4n) is 1.78. The van der Waals surface area contributed by atoms with Gasteiger partial charge in [0.1, 0.15) is 5.82 Å². The van der Waals surface area contributed by atoms with E-state index in [0.29, 0.717) is 12.2 Å². The van der Waals surface area contributed by atoms with Crippen LogP contribution in [0.3, 0.4) is 0 Å². The molecule has 0 spiro atoms. The predicted molar refractivity (Wildman–Crippen MR) is 78.0 cm³/mol. The normalized spacial score (nSPS) is 10.9. The molecule has 0 amide bonds. The zero-order chi connectivity index (χ0) is 15.5. The van der Waals surface area contributed by atoms with E-state index in [1.54, 1.807) is 12.1 Å². The summed E-state index contributed by atoms with van der Waals surface area (Å²) >= 11 is 0. The molecule has 0 bridgehead atoms. The van der Waals surface area contributed by atoms with Crippen molar-refractivity contribution in [1.29, 1.82) is 5.26 Å². The highest BCUT2D eigenvalue weighted by molar-refractivity contribution is 7.90. The second kappa shape index (κ2) is 5.94. The molecule has 6 heteroatoms. The zero-order valence-electron chi connectivity index (χ0n) is 11.3. The molecule has 4 nitrogen and oxygen atoms in total. The lowest BCUT2D eigenvalue weighted by Crippen LogP contribution is -2.02. The quantitative estimate of drug-likeness (QED) is 0.943.